The number of methoxy groups -OCH3 is 2. The first kappa shape index (κ1) is 10.8. The molecule has 2 aromatic rings. The maximum atomic E-state index is 11.4. The van der Waals surface area contributed by atoms with Gasteiger partial charge < -0.3 is 14.5 Å². The molecular weight excluding hydrogens is 230 g/mol. The van der Waals surface area contributed by atoms with Crippen LogP contribution in [0, 0.1) is 0 Å². The monoisotopic (exact) mass is 239 g/mol. The second kappa shape index (κ2) is 4.06. The average Bonchev–Trinajstić information content (AvgIpc) is 2.29. The van der Waals surface area contributed by atoms with Crippen LogP contribution in [0.4, 0.5) is 0 Å². The van der Waals surface area contributed by atoms with Gasteiger partial charge in [0.05, 0.1) is 19.7 Å². The van der Waals surface area contributed by atoms with E-state index in [2.05, 4.69) is 4.98 Å². The zero-order chi connectivity index (χ0) is 11.7. The summed E-state index contributed by atoms with van der Waals surface area (Å²) in [7, 11) is 3.06. The van der Waals surface area contributed by atoms with Gasteiger partial charge in [-0.3, -0.25) is 4.79 Å². The summed E-state index contributed by atoms with van der Waals surface area (Å²) in [6.07, 6.45) is 0. The fourth-order valence-electron chi connectivity index (χ4n) is 1.57. The van der Waals surface area contributed by atoms with Crippen molar-refractivity contribution in [2.75, 3.05) is 14.2 Å². The van der Waals surface area contributed by atoms with Crippen LogP contribution in [-0.2, 0) is 0 Å². The van der Waals surface area contributed by atoms with Crippen LogP contribution < -0.4 is 15.0 Å². The number of pyridine rings is 1. The number of aromatic amines is 1. The van der Waals surface area contributed by atoms with Crippen molar-refractivity contribution >= 4 is 22.5 Å². The van der Waals surface area contributed by atoms with Gasteiger partial charge in [0, 0.05) is 5.39 Å². The van der Waals surface area contributed by atoms with Gasteiger partial charge >= 0.3 is 0 Å². The summed E-state index contributed by atoms with van der Waals surface area (Å²) >= 11 is 5.74. The predicted octanol–water partition coefficient (Wildman–Crippen LogP) is 2.20. The quantitative estimate of drug-likeness (QED) is 0.874. The third-order valence-corrected chi connectivity index (χ3v) is 2.60. The molecule has 0 radical (unpaired) electrons. The number of nitrogens with one attached hydrogen (secondary N) is 1. The van der Waals surface area contributed by atoms with Crippen LogP contribution in [-0.4, -0.2) is 19.2 Å². The first-order valence-corrected chi connectivity index (χ1v) is 4.98. The summed E-state index contributed by atoms with van der Waals surface area (Å²) in [6.45, 7) is 0. The molecule has 0 fully saturated rings. The molecule has 0 amide bonds. The average molecular weight is 240 g/mol. The molecule has 0 aliphatic heterocycles. The van der Waals surface area contributed by atoms with Crippen LogP contribution in [0.5, 0.6) is 11.5 Å². The minimum Gasteiger partial charge on any atom is -0.493 e. The smallest absolute Gasteiger partial charge is 0.267 e. The minimum absolute atomic E-state index is 0.153. The van der Waals surface area contributed by atoms with Crippen LogP contribution in [0.2, 0.25) is 5.02 Å². The molecule has 4 nitrogen and oxygen atoms in total. The van der Waals surface area contributed by atoms with E-state index in [0.717, 1.165) is 5.39 Å². The topological polar surface area (TPSA) is 51.3 Å². The van der Waals surface area contributed by atoms with Crippen molar-refractivity contribution in [3.8, 4) is 11.5 Å². The summed E-state index contributed by atoms with van der Waals surface area (Å²) in [6, 6.07) is 5.16. The number of rotatable bonds is 2. The number of halogens is 1. The van der Waals surface area contributed by atoms with E-state index in [1.165, 1.54) is 14.2 Å². The zero-order valence-electron chi connectivity index (χ0n) is 8.83. The Kier molecular flexibility index (Phi) is 2.75. The number of hydrogen-bond donors (Lipinski definition) is 1. The van der Waals surface area contributed by atoms with Gasteiger partial charge in [0.15, 0.2) is 11.5 Å². The second-order valence-corrected chi connectivity index (χ2v) is 3.62. The molecule has 16 heavy (non-hydrogen) atoms. The Labute approximate surface area is 96.8 Å². The fraction of sp³-hybridized carbons (Fsp3) is 0.182. The van der Waals surface area contributed by atoms with Crippen molar-refractivity contribution in [1.29, 1.82) is 0 Å². The van der Waals surface area contributed by atoms with Gasteiger partial charge in [-0.25, -0.2) is 0 Å². The van der Waals surface area contributed by atoms with Crippen molar-refractivity contribution in [3.05, 3.63) is 33.6 Å². The van der Waals surface area contributed by atoms with Crippen molar-refractivity contribution in [2.45, 2.75) is 0 Å². The molecule has 0 aliphatic rings. The van der Waals surface area contributed by atoms with Crippen LogP contribution in [0.3, 0.4) is 0 Å². The highest BCUT2D eigenvalue weighted by Gasteiger charge is 2.10. The molecule has 0 atom stereocenters. The molecule has 84 valence electrons. The predicted molar refractivity (Wildman–Crippen MR) is 62.7 cm³/mol. The molecule has 0 unspecified atom stereocenters. The Morgan fingerprint density at radius 2 is 2.00 bits per heavy atom. The largest absolute Gasteiger partial charge is 0.493 e. The molecule has 0 saturated carbocycles. The summed E-state index contributed by atoms with van der Waals surface area (Å²) in [5.74, 6) is 1.06. The van der Waals surface area contributed by atoms with E-state index in [0.29, 0.717) is 17.0 Å². The normalized spacial score (nSPS) is 10.4. The highest BCUT2D eigenvalue weighted by atomic mass is 35.5. The maximum absolute atomic E-state index is 11.4. The molecule has 0 saturated heterocycles. The summed E-state index contributed by atoms with van der Waals surface area (Å²) in [5.41, 5.74) is 0.233. The molecular formula is C11H10ClNO3. The molecule has 2 rings (SSSR count). The Bertz CT molecular complexity index is 592. The molecule has 1 N–H and O–H groups in total. The van der Waals surface area contributed by atoms with E-state index in [9.17, 15) is 4.79 Å². The van der Waals surface area contributed by atoms with Crippen LogP contribution in [0.25, 0.3) is 10.9 Å². The van der Waals surface area contributed by atoms with Gasteiger partial charge in [0.1, 0.15) is 5.02 Å². The van der Waals surface area contributed by atoms with Gasteiger partial charge in [-0.1, -0.05) is 11.6 Å². The molecule has 1 aromatic carbocycles. The lowest BCUT2D eigenvalue weighted by atomic mass is 10.2. The number of aromatic nitrogens is 1. The van der Waals surface area contributed by atoms with Crippen molar-refractivity contribution < 1.29 is 9.47 Å². The SMILES string of the molecule is COc1ccc2cc(Cl)c(=O)[nH]c2c1OC. The molecule has 1 heterocycles. The highest BCUT2D eigenvalue weighted by molar-refractivity contribution is 6.31. The maximum Gasteiger partial charge on any atom is 0.267 e. The van der Waals surface area contributed by atoms with Crippen LogP contribution in [0.1, 0.15) is 0 Å². The van der Waals surface area contributed by atoms with E-state index < -0.39 is 0 Å². The van der Waals surface area contributed by atoms with Crippen LogP contribution in [0.15, 0.2) is 23.0 Å². The van der Waals surface area contributed by atoms with Crippen molar-refractivity contribution in [1.82, 2.24) is 4.98 Å². The van der Waals surface area contributed by atoms with Gasteiger partial charge in [-0.05, 0) is 18.2 Å². The Hall–Kier alpha value is -1.68. The first-order chi connectivity index (χ1) is 7.67. The van der Waals surface area contributed by atoms with Crippen LogP contribution >= 0.6 is 11.6 Å². The van der Waals surface area contributed by atoms with Gasteiger partial charge in [0.25, 0.3) is 5.56 Å². The van der Waals surface area contributed by atoms with Crippen molar-refractivity contribution in [3.63, 3.8) is 0 Å². The molecule has 0 aliphatic carbocycles. The zero-order valence-corrected chi connectivity index (χ0v) is 9.59. The van der Waals surface area contributed by atoms with Gasteiger partial charge in [-0.2, -0.15) is 0 Å². The Balaban J connectivity index is 2.86. The Morgan fingerprint density at radius 3 is 2.62 bits per heavy atom. The third kappa shape index (κ3) is 1.61. The Morgan fingerprint density at radius 1 is 1.25 bits per heavy atom. The number of ether oxygens (including phenoxy) is 2. The first-order valence-electron chi connectivity index (χ1n) is 4.61. The fourth-order valence-corrected chi connectivity index (χ4v) is 1.73. The standard InChI is InChI=1S/C11H10ClNO3/c1-15-8-4-3-6-5-7(12)11(14)13-9(6)10(8)16-2/h3-5H,1-2H3,(H,13,14). The lowest BCUT2D eigenvalue weighted by Gasteiger charge is -2.10. The lowest BCUT2D eigenvalue weighted by Crippen LogP contribution is -2.06. The van der Waals surface area contributed by atoms with E-state index in [4.69, 9.17) is 21.1 Å². The lowest BCUT2D eigenvalue weighted by molar-refractivity contribution is 0.358. The number of H-pyrrole nitrogens is 1. The molecule has 1 aromatic heterocycles. The second-order valence-electron chi connectivity index (χ2n) is 3.21. The third-order valence-electron chi connectivity index (χ3n) is 2.32. The number of fused-ring (bicyclic) bond motifs is 1. The summed E-state index contributed by atoms with van der Waals surface area (Å²) < 4.78 is 10.3. The van der Waals surface area contributed by atoms with E-state index >= 15 is 0 Å². The summed E-state index contributed by atoms with van der Waals surface area (Å²) in [5, 5.41) is 0.946. The van der Waals surface area contributed by atoms with Gasteiger partial charge in [-0.15, -0.1) is 0 Å². The van der Waals surface area contributed by atoms with E-state index in [1.54, 1.807) is 18.2 Å². The van der Waals surface area contributed by atoms with E-state index in [1.807, 2.05) is 0 Å². The number of hydrogen-bond acceptors (Lipinski definition) is 3. The molecule has 0 bridgehead atoms. The minimum atomic E-state index is -0.347. The molecule has 5 heteroatoms. The highest BCUT2D eigenvalue weighted by Crippen LogP contribution is 2.33. The summed E-state index contributed by atoms with van der Waals surface area (Å²) in [4.78, 5) is 14.1. The van der Waals surface area contributed by atoms with E-state index in [-0.39, 0.29) is 10.6 Å². The van der Waals surface area contributed by atoms with Gasteiger partial charge in [0.2, 0.25) is 0 Å². The van der Waals surface area contributed by atoms with Crippen molar-refractivity contribution in [2.24, 2.45) is 0 Å². The number of benzene rings is 1. The molecule has 0 spiro atoms.